The number of aryl methyl sites for hydroxylation is 2. The molecular formula is C73H52N6. The van der Waals surface area contributed by atoms with E-state index in [1.807, 2.05) is 67.6 Å². The third-order valence-corrected chi connectivity index (χ3v) is 17.2. The number of benzene rings is 9. The molecule has 0 spiro atoms. The summed E-state index contributed by atoms with van der Waals surface area (Å²) in [6.45, 7) is 19.5. The van der Waals surface area contributed by atoms with E-state index in [4.69, 9.17) is 0 Å². The second-order valence-electron chi connectivity index (χ2n) is 22.2. The molecule has 0 fully saturated rings. The van der Waals surface area contributed by atoms with Crippen LogP contribution < -0.4 is 0 Å². The van der Waals surface area contributed by atoms with Gasteiger partial charge in [-0.1, -0.05) is 131 Å². The minimum atomic E-state index is -0.336. The van der Waals surface area contributed by atoms with E-state index in [1.54, 1.807) is 0 Å². The van der Waals surface area contributed by atoms with E-state index in [0.29, 0.717) is 44.8 Å². The lowest BCUT2D eigenvalue weighted by Crippen LogP contribution is -2.16. The van der Waals surface area contributed by atoms with Gasteiger partial charge in [-0.2, -0.15) is 21.0 Å². The van der Waals surface area contributed by atoms with Gasteiger partial charge in [-0.05, 0) is 189 Å². The molecule has 79 heavy (non-hydrogen) atoms. The fraction of sp³-hybridized carbons (Fsp3) is 0.123. The van der Waals surface area contributed by atoms with E-state index < -0.39 is 0 Å². The molecule has 9 aromatic carbocycles. The first-order chi connectivity index (χ1) is 38.2. The third kappa shape index (κ3) is 6.92. The molecule has 6 nitrogen and oxygen atoms in total. The number of allylic oxidation sites excluding steroid dienone is 5. The predicted molar refractivity (Wildman–Crippen MR) is 322 cm³/mol. The number of nitriles is 4. The summed E-state index contributed by atoms with van der Waals surface area (Å²) in [5.74, 6) is 0. The molecule has 0 unspecified atom stereocenters. The molecule has 11 aromatic rings. The highest BCUT2D eigenvalue weighted by Gasteiger charge is 2.38. The van der Waals surface area contributed by atoms with Crippen LogP contribution in [-0.4, -0.2) is 9.13 Å². The maximum Gasteiger partial charge on any atom is 0.101 e. The molecule has 0 radical (unpaired) electrons. The Balaban J connectivity index is 1.02. The topological polar surface area (TPSA) is 105 Å². The van der Waals surface area contributed by atoms with Crippen LogP contribution in [0.2, 0.25) is 0 Å². The molecule has 2 heterocycles. The number of hydrogen-bond acceptors (Lipinski definition) is 4. The van der Waals surface area contributed by atoms with Crippen molar-refractivity contribution >= 4 is 49.2 Å². The number of nitrogens with zero attached hydrogens (tertiary/aromatic N) is 6. The molecule has 2 aliphatic rings. The van der Waals surface area contributed by atoms with Crippen LogP contribution in [-0.2, 0) is 10.8 Å². The Kier molecular flexibility index (Phi) is 10.8. The summed E-state index contributed by atoms with van der Waals surface area (Å²) in [7, 11) is 0. The summed E-state index contributed by atoms with van der Waals surface area (Å²) in [6.07, 6.45) is 6.20. The number of hydrogen-bond donors (Lipinski definition) is 0. The first kappa shape index (κ1) is 48.4. The molecule has 374 valence electrons. The Morgan fingerprint density at radius 2 is 0.873 bits per heavy atom. The summed E-state index contributed by atoms with van der Waals surface area (Å²) in [5.41, 5.74) is 22.0. The SMILES string of the molecule is C=CC1=C(/C=C\C)C(C)(C)c2cc3c(cc21)c1ccccc1n3-c1c(C#N)cc(-c2cc(-c3cc(C#N)c(-n4c5ccccc5c5cc6c(cc54)C(C)(C)c4ccccc4-6)c(C#N)c3)cc(-c3c(C)cccc3C)c2)cc1C#N. The largest absolute Gasteiger partial charge is 0.307 e. The summed E-state index contributed by atoms with van der Waals surface area (Å²) in [6, 6.07) is 64.4. The van der Waals surface area contributed by atoms with Crippen LogP contribution in [0, 0.1) is 59.2 Å². The Morgan fingerprint density at radius 1 is 0.430 bits per heavy atom. The quantitative estimate of drug-likeness (QED) is 0.159. The molecule has 0 saturated heterocycles. The van der Waals surface area contributed by atoms with Crippen LogP contribution in [0.1, 0.15) is 90.3 Å². The van der Waals surface area contributed by atoms with Crippen LogP contribution >= 0.6 is 0 Å². The van der Waals surface area contributed by atoms with Gasteiger partial charge in [-0.15, -0.1) is 0 Å². The molecule has 0 amide bonds. The smallest absolute Gasteiger partial charge is 0.101 e. The Labute approximate surface area is 460 Å². The highest BCUT2D eigenvalue weighted by Crippen LogP contribution is 2.53. The number of rotatable bonds is 7. The zero-order valence-corrected chi connectivity index (χ0v) is 45.1. The molecule has 2 aromatic heterocycles. The highest BCUT2D eigenvalue weighted by molar-refractivity contribution is 6.13. The fourth-order valence-electron chi connectivity index (χ4n) is 13.5. The van der Waals surface area contributed by atoms with E-state index in [0.717, 1.165) is 93.7 Å². The second kappa shape index (κ2) is 17.7. The molecule has 0 saturated carbocycles. The van der Waals surface area contributed by atoms with Crippen LogP contribution in [0.15, 0.2) is 188 Å². The van der Waals surface area contributed by atoms with Gasteiger partial charge in [0.2, 0.25) is 0 Å². The number of para-hydroxylation sites is 2. The van der Waals surface area contributed by atoms with Gasteiger partial charge in [-0.25, -0.2) is 0 Å². The zero-order chi connectivity index (χ0) is 54.8. The van der Waals surface area contributed by atoms with Gasteiger partial charge in [0, 0.05) is 32.4 Å². The minimum Gasteiger partial charge on any atom is -0.307 e. The zero-order valence-electron chi connectivity index (χ0n) is 45.1. The van der Waals surface area contributed by atoms with Crippen LogP contribution in [0.3, 0.4) is 0 Å². The van der Waals surface area contributed by atoms with Gasteiger partial charge >= 0.3 is 0 Å². The first-order valence-electron chi connectivity index (χ1n) is 26.7. The average Bonchev–Trinajstić information content (AvgIpc) is 4.33. The van der Waals surface area contributed by atoms with Crippen molar-refractivity contribution in [2.45, 2.75) is 59.3 Å². The van der Waals surface area contributed by atoms with Gasteiger partial charge in [0.15, 0.2) is 0 Å². The lowest BCUT2D eigenvalue weighted by atomic mass is 9.80. The summed E-state index contributed by atoms with van der Waals surface area (Å²) < 4.78 is 4.21. The van der Waals surface area contributed by atoms with E-state index in [-0.39, 0.29) is 10.8 Å². The molecule has 13 rings (SSSR count). The molecular weight excluding hydrogens is 961 g/mol. The van der Waals surface area contributed by atoms with E-state index in [2.05, 4.69) is 197 Å². The average molecular weight is 1010 g/mol. The lowest BCUT2D eigenvalue weighted by Gasteiger charge is -2.23. The molecule has 0 bridgehead atoms. The van der Waals surface area contributed by atoms with Crippen molar-refractivity contribution in [3.63, 3.8) is 0 Å². The Bertz CT molecular complexity index is 4730. The number of aromatic nitrogens is 2. The van der Waals surface area contributed by atoms with E-state index >= 15 is 0 Å². The maximum absolute atomic E-state index is 11.3. The Hall–Kier alpha value is -10.2. The van der Waals surface area contributed by atoms with Gasteiger partial charge in [0.1, 0.15) is 24.3 Å². The van der Waals surface area contributed by atoms with Crippen LogP contribution in [0.25, 0.3) is 105 Å². The van der Waals surface area contributed by atoms with Crippen LogP contribution in [0.5, 0.6) is 0 Å². The second-order valence-corrected chi connectivity index (χ2v) is 22.2. The lowest BCUT2D eigenvalue weighted by molar-refractivity contribution is 0.654. The normalized spacial score (nSPS) is 13.9. The molecule has 0 N–H and O–H groups in total. The third-order valence-electron chi connectivity index (χ3n) is 17.2. The maximum atomic E-state index is 11.3. The monoisotopic (exact) mass is 1010 g/mol. The van der Waals surface area contributed by atoms with Crippen molar-refractivity contribution < 1.29 is 0 Å². The van der Waals surface area contributed by atoms with Crippen molar-refractivity contribution in [1.82, 2.24) is 9.13 Å². The van der Waals surface area contributed by atoms with Crippen molar-refractivity contribution in [3.05, 3.63) is 244 Å². The van der Waals surface area contributed by atoms with E-state index in [1.165, 1.54) is 27.8 Å². The van der Waals surface area contributed by atoms with Crippen molar-refractivity contribution in [3.8, 4) is 80.2 Å². The fourth-order valence-corrected chi connectivity index (χ4v) is 13.5. The van der Waals surface area contributed by atoms with E-state index in [9.17, 15) is 21.0 Å². The van der Waals surface area contributed by atoms with Gasteiger partial charge in [0.25, 0.3) is 0 Å². The van der Waals surface area contributed by atoms with Gasteiger partial charge < -0.3 is 9.13 Å². The van der Waals surface area contributed by atoms with Crippen molar-refractivity contribution in [2.24, 2.45) is 0 Å². The first-order valence-corrected chi connectivity index (χ1v) is 26.7. The van der Waals surface area contributed by atoms with Crippen molar-refractivity contribution in [2.75, 3.05) is 0 Å². The molecule has 0 aliphatic heterocycles. The molecule has 0 atom stereocenters. The minimum absolute atomic E-state index is 0.269. The van der Waals surface area contributed by atoms with Gasteiger partial charge in [-0.3, -0.25) is 0 Å². The Morgan fingerprint density at radius 3 is 1.37 bits per heavy atom. The van der Waals surface area contributed by atoms with Gasteiger partial charge in [0.05, 0.1) is 55.7 Å². The van der Waals surface area contributed by atoms with Crippen molar-refractivity contribution in [1.29, 1.82) is 21.0 Å². The summed E-state index contributed by atoms with van der Waals surface area (Å²) >= 11 is 0. The predicted octanol–water partition coefficient (Wildman–Crippen LogP) is 18.1. The van der Waals surface area contributed by atoms with Crippen LogP contribution in [0.4, 0.5) is 0 Å². The standard InChI is InChI=1S/C73H52N6/c1-9-18-61-53(10-2)57-34-59-55-22-12-15-25-65(55)78(67(59)36-63(57)72(61,5)6)70-49(38-74)30-46(31-50(70)39-75)44-27-45(29-48(28-44)69-42(3)19-17-20-43(69)4)47-32-51(40-76)71(52(33-47)41-77)79-66-26-16-13-23-56(66)60-35-58-54-21-11-14-24-62(54)73(7,8)64(58)37-68(60)79/h9-37H,2H2,1,3-8H3/b18-9-. The highest BCUT2D eigenvalue weighted by atomic mass is 15.0. The molecule has 6 heteroatoms. The molecule has 2 aliphatic carbocycles. The summed E-state index contributed by atoms with van der Waals surface area (Å²) in [5, 5.41) is 49.3. The number of fused-ring (bicyclic) bond motifs is 10. The summed E-state index contributed by atoms with van der Waals surface area (Å²) in [4.78, 5) is 0.